The third-order valence-corrected chi connectivity index (χ3v) is 4.16. The molecular weight excluding hydrogens is 220 g/mol. The van der Waals surface area contributed by atoms with Crippen LogP contribution in [0.5, 0.6) is 0 Å². The lowest BCUT2D eigenvalue weighted by molar-refractivity contribution is -0.0945. The Bertz CT molecular complexity index is 257. The molecule has 0 amide bonds. The Kier molecular flexibility index (Phi) is 4.16. The van der Waals surface area contributed by atoms with E-state index in [-0.39, 0.29) is 6.04 Å². The molecule has 0 aromatic heterocycles. The van der Waals surface area contributed by atoms with Crippen LogP contribution in [-0.2, 0) is 4.74 Å². The number of thiocarbonyl (C=S) groups is 1. The van der Waals surface area contributed by atoms with Crippen molar-refractivity contribution in [3.63, 3.8) is 0 Å². The molecule has 0 aromatic carbocycles. The zero-order valence-corrected chi connectivity index (χ0v) is 10.8. The van der Waals surface area contributed by atoms with Gasteiger partial charge in [-0.3, -0.25) is 4.90 Å². The lowest BCUT2D eigenvalue weighted by atomic mass is 9.89. The number of rotatable bonds is 3. The first kappa shape index (κ1) is 12.3. The summed E-state index contributed by atoms with van der Waals surface area (Å²) in [5.41, 5.74) is 5.85. The number of ether oxygens (including phenoxy) is 1. The summed E-state index contributed by atoms with van der Waals surface area (Å²) in [4.78, 5) is 3.14. The molecular formula is C12H22N2OS. The molecule has 2 N–H and O–H groups in total. The van der Waals surface area contributed by atoms with Gasteiger partial charge >= 0.3 is 0 Å². The van der Waals surface area contributed by atoms with E-state index in [9.17, 15) is 0 Å². The summed E-state index contributed by atoms with van der Waals surface area (Å²) in [6, 6.07) is 0.818. The molecule has 3 unspecified atom stereocenters. The summed E-state index contributed by atoms with van der Waals surface area (Å²) >= 11 is 5.19. The molecule has 1 saturated heterocycles. The molecule has 4 heteroatoms. The minimum Gasteiger partial charge on any atom is -0.392 e. The van der Waals surface area contributed by atoms with Crippen molar-refractivity contribution in [1.82, 2.24) is 4.90 Å². The first-order chi connectivity index (χ1) is 7.74. The Labute approximate surface area is 103 Å². The average Bonchev–Trinajstić information content (AvgIpc) is 2.30. The standard InChI is InChI=1S/C12H22N2OS/c1-2-9(12(13)16)14-7-8-15-11-6-4-3-5-10(11)14/h9-11H,2-8H2,1H3,(H2,13,16). The van der Waals surface area contributed by atoms with Crippen LogP contribution in [0.2, 0.25) is 0 Å². The summed E-state index contributed by atoms with van der Waals surface area (Å²) in [5, 5.41) is 0. The predicted octanol–water partition coefficient (Wildman–Crippen LogP) is 1.69. The van der Waals surface area contributed by atoms with Gasteiger partial charge in [-0.15, -0.1) is 0 Å². The Hall–Kier alpha value is -0.190. The van der Waals surface area contributed by atoms with Crippen LogP contribution in [-0.4, -0.2) is 41.2 Å². The molecule has 0 spiro atoms. The van der Waals surface area contributed by atoms with Crippen LogP contribution in [0, 0.1) is 0 Å². The maximum absolute atomic E-state index is 5.86. The minimum atomic E-state index is 0.268. The molecule has 1 saturated carbocycles. The molecule has 16 heavy (non-hydrogen) atoms. The third-order valence-electron chi connectivity index (χ3n) is 3.89. The van der Waals surface area contributed by atoms with Crippen molar-refractivity contribution in [2.24, 2.45) is 5.73 Å². The summed E-state index contributed by atoms with van der Waals surface area (Å²) in [6.45, 7) is 3.98. The van der Waals surface area contributed by atoms with Crippen molar-refractivity contribution in [3.8, 4) is 0 Å². The lowest BCUT2D eigenvalue weighted by Crippen LogP contribution is -2.58. The maximum Gasteiger partial charge on any atom is 0.0902 e. The summed E-state index contributed by atoms with van der Waals surface area (Å²) in [5.74, 6) is 0. The number of morpholine rings is 1. The highest BCUT2D eigenvalue weighted by molar-refractivity contribution is 7.80. The van der Waals surface area contributed by atoms with Gasteiger partial charge in [0.15, 0.2) is 0 Å². The van der Waals surface area contributed by atoms with Crippen molar-refractivity contribution < 1.29 is 4.74 Å². The molecule has 0 bridgehead atoms. The Balaban J connectivity index is 2.09. The van der Waals surface area contributed by atoms with Gasteiger partial charge in [0.05, 0.1) is 23.7 Å². The minimum absolute atomic E-state index is 0.268. The fourth-order valence-electron chi connectivity index (χ4n) is 3.11. The van der Waals surface area contributed by atoms with E-state index in [4.69, 9.17) is 22.7 Å². The zero-order valence-electron chi connectivity index (χ0n) is 10.0. The largest absolute Gasteiger partial charge is 0.392 e. The van der Waals surface area contributed by atoms with E-state index in [1.165, 1.54) is 25.7 Å². The number of fused-ring (bicyclic) bond motifs is 1. The van der Waals surface area contributed by atoms with Gasteiger partial charge in [-0.25, -0.2) is 0 Å². The second kappa shape index (κ2) is 5.43. The zero-order chi connectivity index (χ0) is 11.5. The van der Waals surface area contributed by atoms with Gasteiger partial charge in [-0.1, -0.05) is 32.0 Å². The first-order valence-electron chi connectivity index (χ1n) is 6.40. The number of hydrogen-bond donors (Lipinski definition) is 1. The van der Waals surface area contributed by atoms with Gasteiger partial charge < -0.3 is 10.5 Å². The fraction of sp³-hybridized carbons (Fsp3) is 0.917. The molecule has 3 atom stereocenters. The SMILES string of the molecule is CCC(C(N)=S)N1CCOC2CCCCC21. The predicted molar refractivity (Wildman–Crippen MR) is 69.6 cm³/mol. The number of hydrogen-bond acceptors (Lipinski definition) is 3. The van der Waals surface area contributed by atoms with E-state index < -0.39 is 0 Å². The second-order valence-electron chi connectivity index (χ2n) is 4.83. The van der Waals surface area contributed by atoms with Gasteiger partial charge in [-0.05, 0) is 19.3 Å². The van der Waals surface area contributed by atoms with E-state index in [1.54, 1.807) is 0 Å². The molecule has 92 valence electrons. The maximum atomic E-state index is 5.86. The van der Waals surface area contributed by atoms with Crippen molar-refractivity contribution in [2.45, 2.75) is 57.2 Å². The molecule has 0 radical (unpaired) electrons. The highest BCUT2D eigenvalue weighted by Gasteiger charge is 2.37. The van der Waals surface area contributed by atoms with Gasteiger partial charge in [0.2, 0.25) is 0 Å². The number of nitrogens with zero attached hydrogens (tertiary/aromatic N) is 1. The summed E-state index contributed by atoms with van der Waals surface area (Å²) in [6.07, 6.45) is 6.50. The Morgan fingerprint density at radius 2 is 2.25 bits per heavy atom. The summed E-state index contributed by atoms with van der Waals surface area (Å²) < 4.78 is 5.86. The Morgan fingerprint density at radius 1 is 1.50 bits per heavy atom. The Morgan fingerprint density at radius 3 is 2.94 bits per heavy atom. The van der Waals surface area contributed by atoms with Crippen LogP contribution >= 0.6 is 12.2 Å². The van der Waals surface area contributed by atoms with Crippen molar-refractivity contribution in [2.75, 3.05) is 13.2 Å². The quantitative estimate of drug-likeness (QED) is 0.765. The topological polar surface area (TPSA) is 38.5 Å². The van der Waals surface area contributed by atoms with Gasteiger partial charge in [-0.2, -0.15) is 0 Å². The van der Waals surface area contributed by atoms with E-state index >= 15 is 0 Å². The molecule has 2 aliphatic rings. The second-order valence-corrected chi connectivity index (χ2v) is 5.30. The van der Waals surface area contributed by atoms with Crippen molar-refractivity contribution in [3.05, 3.63) is 0 Å². The van der Waals surface area contributed by atoms with Gasteiger partial charge in [0.25, 0.3) is 0 Å². The average molecular weight is 242 g/mol. The molecule has 1 heterocycles. The third kappa shape index (κ3) is 2.39. The first-order valence-corrected chi connectivity index (χ1v) is 6.81. The normalized spacial score (nSPS) is 33.1. The highest BCUT2D eigenvalue weighted by atomic mass is 32.1. The molecule has 1 aliphatic carbocycles. The highest BCUT2D eigenvalue weighted by Crippen LogP contribution is 2.30. The van der Waals surface area contributed by atoms with Crippen molar-refractivity contribution >= 4 is 17.2 Å². The van der Waals surface area contributed by atoms with Crippen LogP contribution in [0.25, 0.3) is 0 Å². The van der Waals surface area contributed by atoms with Crippen LogP contribution in [0.1, 0.15) is 39.0 Å². The molecule has 0 aromatic rings. The van der Waals surface area contributed by atoms with Gasteiger partial charge in [0.1, 0.15) is 0 Å². The van der Waals surface area contributed by atoms with E-state index in [2.05, 4.69) is 11.8 Å². The number of nitrogens with two attached hydrogens (primary N) is 1. The van der Waals surface area contributed by atoms with Crippen LogP contribution in [0.3, 0.4) is 0 Å². The summed E-state index contributed by atoms with van der Waals surface area (Å²) in [7, 11) is 0. The van der Waals surface area contributed by atoms with Gasteiger partial charge in [0, 0.05) is 12.6 Å². The smallest absolute Gasteiger partial charge is 0.0902 e. The molecule has 1 aliphatic heterocycles. The van der Waals surface area contributed by atoms with Crippen LogP contribution in [0.4, 0.5) is 0 Å². The van der Waals surface area contributed by atoms with E-state index in [1.807, 2.05) is 0 Å². The molecule has 2 fully saturated rings. The van der Waals surface area contributed by atoms with Crippen LogP contribution in [0.15, 0.2) is 0 Å². The fourth-order valence-corrected chi connectivity index (χ4v) is 3.41. The lowest BCUT2D eigenvalue weighted by Gasteiger charge is -2.46. The monoisotopic (exact) mass is 242 g/mol. The van der Waals surface area contributed by atoms with E-state index in [0.717, 1.165) is 19.6 Å². The van der Waals surface area contributed by atoms with E-state index in [0.29, 0.717) is 17.1 Å². The molecule has 3 nitrogen and oxygen atoms in total. The van der Waals surface area contributed by atoms with Crippen LogP contribution < -0.4 is 5.73 Å². The van der Waals surface area contributed by atoms with Crippen molar-refractivity contribution in [1.29, 1.82) is 0 Å². The molecule has 2 rings (SSSR count).